The average Bonchev–Trinajstić information content (AvgIpc) is 2.88. The first-order valence-corrected chi connectivity index (χ1v) is 11.9. The summed E-state index contributed by atoms with van der Waals surface area (Å²) >= 11 is 0.987. The van der Waals surface area contributed by atoms with Gasteiger partial charge in [0.1, 0.15) is 5.92 Å². The number of benzene rings is 2. The minimum Gasteiger partial charge on any atom is -0.468 e. The van der Waals surface area contributed by atoms with Gasteiger partial charge >= 0.3 is 11.9 Å². The van der Waals surface area contributed by atoms with Gasteiger partial charge in [0.25, 0.3) is 0 Å². The number of aryl methyl sites for hydroxylation is 2. The van der Waals surface area contributed by atoms with Crippen LogP contribution in [-0.4, -0.2) is 43.7 Å². The number of hydrogen-bond acceptors (Lipinski definition) is 8. The van der Waals surface area contributed by atoms with E-state index in [1.54, 1.807) is 18.2 Å². The Balaban J connectivity index is 1.90. The van der Waals surface area contributed by atoms with Crippen LogP contribution < -0.4 is 10.6 Å². The molecule has 186 valence electrons. The molecule has 0 aliphatic carbocycles. The number of nitrogens with one attached hydrogen (secondary N) is 2. The van der Waals surface area contributed by atoms with Crippen LogP contribution in [0.25, 0.3) is 0 Å². The number of amides is 2. The largest absolute Gasteiger partial charge is 0.468 e. The lowest BCUT2D eigenvalue weighted by Gasteiger charge is -2.31. The van der Waals surface area contributed by atoms with Gasteiger partial charge in [-0.1, -0.05) is 30.0 Å². The molecule has 2 N–H and O–H groups in total. The number of nitriles is 1. The first-order chi connectivity index (χ1) is 17.2. The zero-order chi connectivity index (χ0) is 26.4. The van der Waals surface area contributed by atoms with Crippen molar-refractivity contribution in [3.8, 4) is 6.07 Å². The molecule has 0 unspecified atom stereocenters. The lowest BCUT2D eigenvalue weighted by Crippen LogP contribution is -2.44. The van der Waals surface area contributed by atoms with E-state index < -0.39 is 29.7 Å². The van der Waals surface area contributed by atoms with Gasteiger partial charge in [-0.25, -0.2) is 4.79 Å². The number of hydrogen-bond donors (Lipinski definition) is 2. The standard InChI is InChI=1S/C26H25N3O6S/c1-14-5-10-18(11-15(14)2)28-20(30)13-36-24-19(12-27)21(22(23(31)29-24)26(33)35-4)16-6-8-17(9-7-16)25(32)34-3/h5-11,21-22H,13H2,1-4H3,(H,28,30)(H,29,31)/t21-,22-/m1/s1. The molecule has 2 aromatic carbocycles. The Kier molecular flexibility index (Phi) is 8.51. The van der Waals surface area contributed by atoms with E-state index in [2.05, 4.69) is 16.7 Å². The minimum absolute atomic E-state index is 0.0788. The Labute approximate surface area is 212 Å². The Hall–Kier alpha value is -4.10. The van der Waals surface area contributed by atoms with Gasteiger partial charge < -0.3 is 20.1 Å². The summed E-state index contributed by atoms with van der Waals surface area (Å²) in [7, 11) is 2.41. The maximum absolute atomic E-state index is 12.9. The van der Waals surface area contributed by atoms with E-state index >= 15 is 0 Å². The number of esters is 2. The van der Waals surface area contributed by atoms with E-state index in [9.17, 15) is 24.4 Å². The van der Waals surface area contributed by atoms with Crippen molar-refractivity contribution >= 4 is 41.2 Å². The van der Waals surface area contributed by atoms with Gasteiger partial charge in [0.15, 0.2) is 0 Å². The van der Waals surface area contributed by atoms with Crippen LogP contribution in [0, 0.1) is 31.1 Å². The second-order valence-electron chi connectivity index (χ2n) is 8.07. The molecule has 36 heavy (non-hydrogen) atoms. The summed E-state index contributed by atoms with van der Waals surface area (Å²) in [6.45, 7) is 3.91. The van der Waals surface area contributed by atoms with Crippen LogP contribution in [0.3, 0.4) is 0 Å². The number of ether oxygens (including phenoxy) is 2. The highest BCUT2D eigenvalue weighted by atomic mass is 32.2. The van der Waals surface area contributed by atoms with Crippen LogP contribution in [0.2, 0.25) is 0 Å². The Morgan fingerprint density at radius 2 is 1.75 bits per heavy atom. The smallest absolute Gasteiger partial charge is 0.337 e. The highest BCUT2D eigenvalue weighted by molar-refractivity contribution is 8.03. The molecule has 2 atom stereocenters. The summed E-state index contributed by atoms with van der Waals surface area (Å²) < 4.78 is 9.53. The number of nitrogens with zero attached hydrogens (tertiary/aromatic N) is 1. The molecule has 1 aliphatic rings. The predicted octanol–water partition coefficient (Wildman–Crippen LogP) is 3.20. The molecule has 3 rings (SSSR count). The quantitative estimate of drug-likeness (QED) is 0.431. The lowest BCUT2D eigenvalue weighted by atomic mass is 9.78. The first-order valence-electron chi connectivity index (χ1n) is 10.9. The van der Waals surface area contributed by atoms with Crippen molar-refractivity contribution in [3.63, 3.8) is 0 Å². The maximum atomic E-state index is 12.9. The summed E-state index contributed by atoms with van der Waals surface area (Å²) in [4.78, 5) is 49.8. The van der Waals surface area contributed by atoms with E-state index in [-0.39, 0.29) is 27.8 Å². The Morgan fingerprint density at radius 1 is 1.06 bits per heavy atom. The number of thioether (sulfide) groups is 1. The fraction of sp³-hybridized carbons (Fsp3) is 0.269. The molecule has 0 saturated heterocycles. The molecule has 0 fully saturated rings. The zero-order valence-electron chi connectivity index (χ0n) is 20.2. The lowest BCUT2D eigenvalue weighted by molar-refractivity contribution is -0.150. The fourth-order valence-electron chi connectivity index (χ4n) is 3.78. The van der Waals surface area contributed by atoms with Crippen LogP contribution in [0.4, 0.5) is 5.69 Å². The van der Waals surface area contributed by atoms with Crippen molar-refractivity contribution in [2.24, 2.45) is 5.92 Å². The molecule has 0 spiro atoms. The zero-order valence-corrected chi connectivity index (χ0v) is 21.0. The van der Waals surface area contributed by atoms with Gasteiger partial charge in [0, 0.05) is 11.6 Å². The van der Waals surface area contributed by atoms with Crippen molar-refractivity contribution in [2.45, 2.75) is 19.8 Å². The van der Waals surface area contributed by atoms with Crippen LogP contribution in [-0.2, 0) is 23.9 Å². The SMILES string of the molecule is COC(=O)c1ccc([C@@H]2C(C#N)=C(SCC(=O)Nc3ccc(C)c(C)c3)NC(=O)[C@@H]2C(=O)OC)cc1. The molecule has 2 aromatic rings. The van der Waals surface area contributed by atoms with Crippen LogP contribution >= 0.6 is 11.8 Å². The van der Waals surface area contributed by atoms with Gasteiger partial charge in [-0.15, -0.1) is 0 Å². The topological polar surface area (TPSA) is 135 Å². The molecule has 0 saturated carbocycles. The van der Waals surface area contributed by atoms with Crippen molar-refractivity contribution in [2.75, 3.05) is 25.3 Å². The molecule has 0 bridgehead atoms. The molecular formula is C26H25N3O6S. The normalized spacial score (nSPS) is 17.0. The van der Waals surface area contributed by atoms with Crippen LogP contribution in [0.1, 0.15) is 33.0 Å². The van der Waals surface area contributed by atoms with Gasteiger partial charge in [-0.3, -0.25) is 14.4 Å². The monoisotopic (exact) mass is 507 g/mol. The number of carbonyl (C=O) groups excluding carboxylic acids is 4. The third-order valence-electron chi connectivity index (χ3n) is 5.81. The van der Waals surface area contributed by atoms with Gasteiger partial charge in [-0.05, 0) is 54.8 Å². The fourth-order valence-corrected chi connectivity index (χ4v) is 4.63. The van der Waals surface area contributed by atoms with Crippen molar-refractivity contribution in [1.29, 1.82) is 5.26 Å². The van der Waals surface area contributed by atoms with E-state index in [1.807, 2.05) is 26.0 Å². The van der Waals surface area contributed by atoms with Crippen molar-refractivity contribution in [3.05, 3.63) is 75.3 Å². The van der Waals surface area contributed by atoms with Gasteiger partial charge in [-0.2, -0.15) is 5.26 Å². The third kappa shape index (κ3) is 5.75. The highest BCUT2D eigenvalue weighted by Crippen LogP contribution is 2.40. The summed E-state index contributed by atoms with van der Waals surface area (Å²) in [5, 5.41) is 15.6. The first kappa shape index (κ1) is 26.5. The van der Waals surface area contributed by atoms with Crippen LogP contribution in [0.15, 0.2) is 53.1 Å². The van der Waals surface area contributed by atoms with Crippen molar-refractivity contribution in [1.82, 2.24) is 5.32 Å². The van der Waals surface area contributed by atoms with E-state index in [4.69, 9.17) is 9.47 Å². The van der Waals surface area contributed by atoms with E-state index in [0.29, 0.717) is 11.3 Å². The summed E-state index contributed by atoms with van der Waals surface area (Å²) in [5.41, 5.74) is 3.62. The molecule has 10 heteroatoms. The number of anilines is 1. The molecule has 0 radical (unpaired) electrons. The number of allylic oxidation sites excluding steroid dienone is 1. The minimum atomic E-state index is -1.32. The molecular weight excluding hydrogens is 482 g/mol. The molecule has 2 amide bonds. The Bertz CT molecular complexity index is 1280. The van der Waals surface area contributed by atoms with Gasteiger partial charge in [0.05, 0.1) is 42.2 Å². The molecule has 1 aliphatic heterocycles. The number of methoxy groups -OCH3 is 2. The summed E-state index contributed by atoms with van der Waals surface area (Å²) in [5.74, 6) is -4.69. The third-order valence-corrected chi connectivity index (χ3v) is 6.83. The van der Waals surface area contributed by atoms with Gasteiger partial charge in [0.2, 0.25) is 11.8 Å². The average molecular weight is 508 g/mol. The molecule has 9 nitrogen and oxygen atoms in total. The number of rotatable bonds is 7. The van der Waals surface area contributed by atoms with E-state index in [0.717, 1.165) is 30.0 Å². The number of carbonyl (C=O) groups is 4. The second-order valence-corrected chi connectivity index (χ2v) is 9.06. The second kappa shape index (κ2) is 11.6. The molecule has 1 heterocycles. The highest BCUT2D eigenvalue weighted by Gasteiger charge is 2.44. The summed E-state index contributed by atoms with van der Waals surface area (Å²) in [6, 6.07) is 13.7. The van der Waals surface area contributed by atoms with E-state index in [1.165, 1.54) is 19.2 Å². The maximum Gasteiger partial charge on any atom is 0.337 e. The Morgan fingerprint density at radius 3 is 2.33 bits per heavy atom. The van der Waals surface area contributed by atoms with Crippen LogP contribution in [0.5, 0.6) is 0 Å². The summed E-state index contributed by atoms with van der Waals surface area (Å²) in [6.07, 6.45) is 0. The predicted molar refractivity (Wildman–Crippen MR) is 134 cm³/mol. The van der Waals surface area contributed by atoms with Crippen molar-refractivity contribution < 1.29 is 28.7 Å². The molecule has 0 aromatic heterocycles.